The predicted octanol–water partition coefficient (Wildman–Crippen LogP) is 5.22. The van der Waals surface area contributed by atoms with Crippen LogP contribution in [0.4, 0.5) is 0 Å². The van der Waals surface area contributed by atoms with Crippen LogP contribution in [0.5, 0.6) is 0 Å². The molecule has 1 N–H and O–H groups in total. The van der Waals surface area contributed by atoms with Gasteiger partial charge in [0.25, 0.3) is 0 Å². The van der Waals surface area contributed by atoms with Gasteiger partial charge in [-0.3, -0.25) is 0 Å². The molecule has 0 unspecified atom stereocenters. The van der Waals surface area contributed by atoms with E-state index in [1.54, 1.807) is 28.8 Å². The van der Waals surface area contributed by atoms with Crippen molar-refractivity contribution in [2.24, 2.45) is 0 Å². The lowest BCUT2D eigenvalue weighted by molar-refractivity contribution is 0.0685. The second-order valence-corrected chi connectivity index (χ2v) is 5.56. The van der Waals surface area contributed by atoms with Crippen LogP contribution in [0.1, 0.15) is 23.8 Å². The second-order valence-electron chi connectivity index (χ2n) is 4.31. The molecule has 106 valence electrons. The van der Waals surface area contributed by atoms with Crippen molar-refractivity contribution < 1.29 is 9.90 Å². The molecule has 2 rings (SSSR count). The fourth-order valence-corrected chi connectivity index (χ4v) is 3.13. The van der Waals surface area contributed by atoms with E-state index in [1.165, 1.54) is 0 Å². The summed E-state index contributed by atoms with van der Waals surface area (Å²) in [5.41, 5.74) is 1.48. The van der Waals surface area contributed by atoms with Gasteiger partial charge in [0.1, 0.15) is 5.69 Å². The van der Waals surface area contributed by atoms with Gasteiger partial charge in [0.15, 0.2) is 0 Å². The molecule has 3 nitrogen and oxygen atoms in total. The van der Waals surface area contributed by atoms with E-state index in [1.807, 2.05) is 6.92 Å². The molecule has 0 saturated carbocycles. The number of carbonyl (C=O) groups is 1. The number of benzene rings is 1. The second kappa shape index (κ2) is 6.08. The van der Waals surface area contributed by atoms with Crippen molar-refractivity contribution in [3.05, 3.63) is 45.0 Å². The fourth-order valence-electron chi connectivity index (χ4n) is 2.12. The minimum Gasteiger partial charge on any atom is -0.477 e. The average molecular weight is 333 g/mol. The smallest absolute Gasteiger partial charge is 0.352 e. The van der Waals surface area contributed by atoms with Gasteiger partial charge >= 0.3 is 5.97 Å². The SMILES string of the molecule is CCCn1c(C(=O)O)ccc1-c1c(Cl)cc(Cl)cc1Cl. The predicted molar refractivity (Wildman–Crippen MR) is 82.1 cm³/mol. The molecule has 0 fully saturated rings. The topological polar surface area (TPSA) is 42.2 Å². The molecular formula is C14H12Cl3NO2. The number of aromatic carboxylic acids is 1. The molecule has 1 aromatic heterocycles. The summed E-state index contributed by atoms with van der Waals surface area (Å²) in [7, 11) is 0. The Morgan fingerprint density at radius 2 is 1.80 bits per heavy atom. The lowest BCUT2D eigenvalue weighted by Crippen LogP contribution is -2.09. The Morgan fingerprint density at radius 3 is 2.30 bits per heavy atom. The highest BCUT2D eigenvalue weighted by atomic mass is 35.5. The molecular weight excluding hydrogens is 321 g/mol. The van der Waals surface area contributed by atoms with Crippen molar-refractivity contribution in [2.45, 2.75) is 19.9 Å². The van der Waals surface area contributed by atoms with Crippen LogP contribution in [0.3, 0.4) is 0 Å². The van der Waals surface area contributed by atoms with Crippen LogP contribution in [0.25, 0.3) is 11.3 Å². The van der Waals surface area contributed by atoms with Crippen molar-refractivity contribution >= 4 is 40.8 Å². The van der Waals surface area contributed by atoms with Gasteiger partial charge in [-0.05, 0) is 30.7 Å². The molecule has 6 heteroatoms. The molecule has 20 heavy (non-hydrogen) atoms. The highest BCUT2D eigenvalue weighted by Gasteiger charge is 2.19. The van der Waals surface area contributed by atoms with Crippen molar-refractivity contribution in [1.82, 2.24) is 4.57 Å². The van der Waals surface area contributed by atoms with Crippen LogP contribution >= 0.6 is 34.8 Å². The molecule has 0 saturated heterocycles. The van der Waals surface area contributed by atoms with E-state index in [4.69, 9.17) is 34.8 Å². The third-order valence-corrected chi connectivity index (χ3v) is 3.72. The van der Waals surface area contributed by atoms with E-state index >= 15 is 0 Å². The monoisotopic (exact) mass is 331 g/mol. The molecule has 0 bridgehead atoms. The molecule has 0 aliphatic rings. The van der Waals surface area contributed by atoms with Crippen LogP contribution in [0.2, 0.25) is 15.1 Å². The Labute approximate surface area is 131 Å². The summed E-state index contributed by atoms with van der Waals surface area (Å²) in [6.07, 6.45) is 0.796. The zero-order valence-electron chi connectivity index (χ0n) is 10.7. The van der Waals surface area contributed by atoms with E-state index in [9.17, 15) is 9.90 Å². The summed E-state index contributed by atoms with van der Waals surface area (Å²) in [5, 5.41) is 10.5. The molecule has 0 aliphatic heterocycles. The maximum atomic E-state index is 11.3. The highest BCUT2D eigenvalue weighted by Crippen LogP contribution is 2.38. The van der Waals surface area contributed by atoms with Crippen molar-refractivity contribution in [3.8, 4) is 11.3 Å². The van der Waals surface area contributed by atoms with E-state index in [0.29, 0.717) is 32.9 Å². The number of hydrogen-bond donors (Lipinski definition) is 1. The number of carboxylic acids is 1. The quantitative estimate of drug-likeness (QED) is 0.833. The van der Waals surface area contributed by atoms with Crippen molar-refractivity contribution in [3.63, 3.8) is 0 Å². The third kappa shape index (κ3) is 2.80. The summed E-state index contributed by atoms with van der Waals surface area (Å²) >= 11 is 18.3. The van der Waals surface area contributed by atoms with Gasteiger partial charge in [0, 0.05) is 17.1 Å². The molecule has 1 heterocycles. The standard InChI is InChI=1S/C14H12Cl3NO2/c1-2-5-18-11(3-4-12(18)14(19)20)13-9(16)6-8(15)7-10(13)17/h3-4,6-7H,2,5H2,1H3,(H,19,20). The molecule has 0 radical (unpaired) electrons. The van der Waals surface area contributed by atoms with Crippen LogP contribution in [-0.4, -0.2) is 15.6 Å². The van der Waals surface area contributed by atoms with E-state index in [-0.39, 0.29) is 5.69 Å². The van der Waals surface area contributed by atoms with E-state index in [0.717, 1.165) is 6.42 Å². The molecule has 2 aromatic rings. The van der Waals surface area contributed by atoms with E-state index in [2.05, 4.69) is 0 Å². The number of carboxylic acid groups (broad SMARTS) is 1. The number of rotatable bonds is 4. The average Bonchev–Trinajstić information content (AvgIpc) is 2.72. The molecule has 0 spiro atoms. The van der Waals surface area contributed by atoms with Crippen LogP contribution < -0.4 is 0 Å². The van der Waals surface area contributed by atoms with Gasteiger partial charge in [-0.25, -0.2) is 4.79 Å². The lowest BCUT2D eigenvalue weighted by atomic mass is 10.1. The first-order valence-electron chi connectivity index (χ1n) is 6.03. The Bertz CT molecular complexity index is 641. The zero-order valence-corrected chi connectivity index (χ0v) is 12.9. The first kappa shape index (κ1) is 15.2. The number of nitrogens with zero attached hydrogens (tertiary/aromatic N) is 1. The van der Waals surface area contributed by atoms with Crippen LogP contribution in [-0.2, 0) is 6.54 Å². The van der Waals surface area contributed by atoms with Gasteiger partial charge in [-0.15, -0.1) is 0 Å². The zero-order chi connectivity index (χ0) is 14.9. The molecule has 0 aliphatic carbocycles. The Morgan fingerprint density at radius 1 is 1.20 bits per heavy atom. The maximum absolute atomic E-state index is 11.3. The summed E-state index contributed by atoms with van der Waals surface area (Å²) in [4.78, 5) is 11.3. The van der Waals surface area contributed by atoms with Crippen LogP contribution in [0, 0.1) is 0 Å². The first-order valence-corrected chi connectivity index (χ1v) is 7.16. The summed E-state index contributed by atoms with van der Waals surface area (Å²) < 4.78 is 1.70. The van der Waals surface area contributed by atoms with Crippen molar-refractivity contribution in [2.75, 3.05) is 0 Å². The summed E-state index contributed by atoms with van der Waals surface area (Å²) in [6, 6.07) is 6.44. The first-order chi connectivity index (χ1) is 9.45. The van der Waals surface area contributed by atoms with Gasteiger partial charge in [-0.2, -0.15) is 0 Å². The minimum absolute atomic E-state index is 0.212. The minimum atomic E-state index is -0.981. The summed E-state index contributed by atoms with van der Waals surface area (Å²) in [5.74, 6) is -0.981. The maximum Gasteiger partial charge on any atom is 0.352 e. The fraction of sp³-hybridized carbons (Fsp3) is 0.214. The van der Waals surface area contributed by atoms with Crippen molar-refractivity contribution in [1.29, 1.82) is 0 Å². The third-order valence-electron chi connectivity index (χ3n) is 2.91. The number of halogens is 3. The van der Waals surface area contributed by atoms with E-state index < -0.39 is 5.97 Å². The largest absolute Gasteiger partial charge is 0.477 e. The Balaban J connectivity index is 2.67. The normalized spacial score (nSPS) is 10.8. The van der Waals surface area contributed by atoms with Gasteiger partial charge in [-0.1, -0.05) is 41.7 Å². The van der Waals surface area contributed by atoms with Gasteiger partial charge in [0.2, 0.25) is 0 Å². The van der Waals surface area contributed by atoms with Gasteiger partial charge < -0.3 is 9.67 Å². The molecule has 0 amide bonds. The summed E-state index contributed by atoms with van der Waals surface area (Å²) in [6.45, 7) is 2.54. The highest BCUT2D eigenvalue weighted by molar-refractivity contribution is 6.41. The molecule has 0 atom stereocenters. The number of hydrogen-bond acceptors (Lipinski definition) is 1. The molecule has 1 aromatic carbocycles. The number of aromatic nitrogens is 1. The Kier molecular flexibility index (Phi) is 4.63. The lowest BCUT2D eigenvalue weighted by Gasteiger charge is -2.13. The Hall–Kier alpha value is -1.16. The van der Waals surface area contributed by atoms with Gasteiger partial charge in [0.05, 0.1) is 15.7 Å². The van der Waals surface area contributed by atoms with Crippen LogP contribution in [0.15, 0.2) is 24.3 Å².